The molecule has 164 valence electrons. The number of rotatable bonds is 10. The van der Waals surface area contributed by atoms with Crippen LogP contribution in [-0.4, -0.2) is 13.2 Å². The second-order valence-electron chi connectivity index (χ2n) is 8.87. The Balaban J connectivity index is 1.46. The highest BCUT2D eigenvalue weighted by molar-refractivity contribution is 5.30. The third-order valence-corrected chi connectivity index (χ3v) is 5.43. The van der Waals surface area contributed by atoms with Gasteiger partial charge in [0.1, 0.15) is 24.7 Å². The van der Waals surface area contributed by atoms with Crippen LogP contribution in [0.5, 0.6) is 11.5 Å². The van der Waals surface area contributed by atoms with E-state index in [1.54, 1.807) is 0 Å². The average molecular weight is 418 g/mol. The molecule has 0 spiro atoms. The Kier molecular flexibility index (Phi) is 8.13. The Morgan fingerprint density at radius 2 is 1.32 bits per heavy atom. The fraction of sp³-hybridized carbons (Fsp3) is 0.357. The van der Waals surface area contributed by atoms with Crippen molar-refractivity contribution < 1.29 is 9.47 Å². The smallest absolute Gasteiger partial charge is 0.122 e. The molecule has 1 unspecified atom stereocenters. The van der Waals surface area contributed by atoms with Crippen LogP contribution in [0, 0.1) is 0 Å². The second-order valence-corrected chi connectivity index (χ2v) is 8.87. The van der Waals surface area contributed by atoms with Crippen molar-refractivity contribution >= 4 is 0 Å². The van der Waals surface area contributed by atoms with E-state index in [1.165, 1.54) is 16.7 Å². The SMILES string of the molecule is CCC(NCc1ccc(C(C)(C)C)cc1)c1ccc(OCCOc2ccccc2)cc1. The molecule has 3 rings (SSSR count). The van der Waals surface area contributed by atoms with Crippen LogP contribution in [0.1, 0.15) is 56.8 Å². The van der Waals surface area contributed by atoms with Crippen molar-refractivity contribution in [2.45, 2.75) is 52.1 Å². The lowest BCUT2D eigenvalue weighted by molar-refractivity contribution is 0.217. The molecule has 3 aromatic carbocycles. The molecule has 0 aliphatic heterocycles. The largest absolute Gasteiger partial charge is 0.490 e. The van der Waals surface area contributed by atoms with Gasteiger partial charge in [-0.2, -0.15) is 0 Å². The molecule has 0 saturated heterocycles. The average Bonchev–Trinajstić information content (AvgIpc) is 2.78. The molecule has 0 fully saturated rings. The summed E-state index contributed by atoms with van der Waals surface area (Å²) in [5.41, 5.74) is 4.15. The van der Waals surface area contributed by atoms with Gasteiger partial charge in [-0.1, -0.05) is 82.3 Å². The Morgan fingerprint density at radius 1 is 0.742 bits per heavy atom. The molecule has 3 heteroatoms. The zero-order chi connectivity index (χ0) is 22.1. The minimum atomic E-state index is 0.190. The Hall–Kier alpha value is -2.78. The van der Waals surface area contributed by atoms with Gasteiger partial charge in [0, 0.05) is 12.6 Å². The summed E-state index contributed by atoms with van der Waals surface area (Å²) in [5, 5.41) is 3.69. The highest BCUT2D eigenvalue weighted by Gasteiger charge is 2.13. The second kappa shape index (κ2) is 11.0. The summed E-state index contributed by atoms with van der Waals surface area (Å²) >= 11 is 0. The lowest BCUT2D eigenvalue weighted by Gasteiger charge is -2.20. The maximum absolute atomic E-state index is 5.82. The third kappa shape index (κ3) is 7.15. The van der Waals surface area contributed by atoms with E-state index in [4.69, 9.17) is 9.47 Å². The van der Waals surface area contributed by atoms with Crippen LogP contribution >= 0.6 is 0 Å². The molecule has 0 saturated carbocycles. The van der Waals surface area contributed by atoms with Crippen LogP contribution in [0.2, 0.25) is 0 Å². The van der Waals surface area contributed by atoms with E-state index in [0.29, 0.717) is 19.3 Å². The topological polar surface area (TPSA) is 30.5 Å². The van der Waals surface area contributed by atoms with Gasteiger partial charge >= 0.3 is 0 Å². The van der Waals surface area contributed by atoms with Gasteiger partial charge in [-0.3, -0.25) is 0 Å². The van der Waals surface area contributed by atoms with Crippen molar-refractivity contribution in [2.24, 2.45) is 0 Å². The molecule has 0 bridgehead atoms. The van der Waals surface area contributed by atoms with Crippen LogP contribution in [0.3, 0.4) is 0 Å². The monoisotopic (exact) mass is 417 g/mol. The van der Waals surface area contributed by atoms with Gasteiger partial charge in [0.15, 0.2) is 0 Å². The van der Waals surface area contributed by atoms with Crippen molar-refractivity contribution in [3.8, 4) is 11.5 Å². The predicted molar refractivity (Wildman–Crippen MR) is 129 cm³/mol. The van der Waals surface area contributed by atoms with E-state index in [0.717, 1.165) is 24.5 Å². The van der Waals surface area contributed by atoms with E-state index in [9.17, 15) is 0 Å². The van der Waals surface area contributed by atoms with Crippen molar-refractivity contribution in [3.63, 3.8) is 0 Å². The van der Waals surface area contributed by atoms with Crippen LogP contribution in [0.15, 0.2) is 78.9 Å². The normalized spacial score (nSPS) is 12.4. The van der Waals surface area contributed by atoms with Crippen molar-refractivity contribution in [1.29, 1.82) is 0 Å². The molecule has 1 N–H and O–H groups in total. The first-order valence-electron chi connectivity index (χ1n) is 11.2. The molecule has 3 nitrogen and oxygen atoms in total. The van der Waals surface area contributed by atoms with Crippen molar-refractivity contribution in [1.82, 2.24) is 5.32 Å². The molecular formula is C28H35NO2. The Morgan fingerprint density at radius 3 is 1.87 bits per heavy atom. The minimum absolute atomic E-state index is 0.190. The summed E-state index contributed by atoms with van der Waals surface area (Å²) in [6, 6.07) is 27.5. The van der Waals surface area contributed by atoms with Gasteiger partial charge in [-0.25, -0.2) is 0 Å². The zero-order valence-corrected chi connectivity index (χ0v) is 19.2. The molecule has 1 atom stereocenters. The van der Waals surface area contributed by atoms with Gasteiger partial charge in [0.25, 0.3) is 0 Å². The Bertz CT molecular complexity index is 896. The molecule has 0 amide bonds. The summed E-state index contributed by atoms with van der Waals surface area (Å²) in [5.74, 6) is 1.74. The third-order valence-electron chi connectivity index (χ3n) is 5.43. The standard InChI is InChI=1S/C28H35NO2/c1-5-27(29-21-22-11-15-24(16-12-22)28(2,3)4)23-13-17-26(18-14-23)31-20-19-30-25-9-7-6-8-10-25/h6-18,27,29H,5,19-21H2,1-4H3. The molecule has 3 aromatic rings. The summed E-state index contributed by atoms with van der Waals surface area (Å²) in [6.45, 7) is 10.9. The fourth-order valence-electron chi connectivity index (χ4n) is 3.49. The van der Waals surface area contributed by atoms with Gasteiger partial charge in [-0.05, 0) is 52.8 Å². The fourth-order valence-corrected chi connectivity index (χ4v) is 3.49. The quantitative estimate of drug-likeness (QED) is 0.373. The molecule has 0 radical (unpaired) electrons. The number of para-hydroxylation sites is 1. The maximum atomic E-state index is 5.82. The first kappa shape index (κ1) is 22.9. The van der Waals surface area contributed by atoms with Gasteiger partial charge < -0.3 is 14.8 Å². The summed E-state index contributed by atoms with van der Waals surface area (Å²) in [6.07, 6.45) is 1.03. The highest BCUT2D eigenvalue weighted by Crippen LogP contribution is 2.23. The number of hydrogen-bond donors (Lipinski definition) is 1. The Labute approximate surface area is 187 Å². The highest BCUT2D eigenvalue weighted by atomic mass is 16.5. The summed E-state index contributed by atoms with van der Waals surface area (Å²) in [7, 11) is 0. The molecule has 0 aromatic heterocycles. The number of ether oxygens (including phenoxy) is 2. The van der Waals surface area contributed by atoms with E-state index in [-0.39, 0.29) is 5.41 Å². The van der Waals surface area contributed by atoms with Crippen LogP contribution < -0.4 is 14.8 Å². The van der Waals surface area contributed by atoms with E-state index >= 15 is 0 Å². The maximum Gasteiger partial charge on any atom is 0.122 e. The number of nitrogens with one attached hydrogen (secondary N) is 1. The van der Waals surface area contributed by atoms with Crippen LogP contribution in [0.4, 0.5) is 0 Å². The van der Waals surface area contributed by atoms with Gasteiger partial charge in [0.05, 0.1) is 0 Å². The lowest BCUT2D eigenvalue weighted by atomic mass is 9.87. The molecule has 0 aliphatic carbocycles. The molecule has 31 heavy (non-hydrogen) atoms. The summed E-state index contributed by atoms with van der Waals surface area (Å²) in [4.78, 5) is 0. The van der Waals surface area contributed by atoms with Crippen molar-refractivity contribution in [2.75, 3.05) is 13.2 Å². The number of benzene rings is 3. The molecule has 0 heterocycles. The number of hydrogen-bond acceptors (Lipinski definition) is 3. The molecule has 0 aliphatic rings. The van der Waals surface area contributed by atoms with Crippen LogP contribution in [0.25, 0.3) is 0 Å². The van der Waals surface area contributed by atoms with E-state index in [1.807, 2.05) is 42.5 Å². The predicted octanol–water partition coefficient (Wildman–Crippen LogP) is 6.68. The van der Waals surface area contributed by atoms with Gasteiger partial charge in [0.2, 0.25) is 0 Å². The van der Waals surface area contributed by atoms with Crippen LogP contribution in [-0.2, 0) is 12.0 Å². The first-order chi connectivity index (χ1) is 15.0. The van der Waals surface area contributed by atoms with E-state index < -0.39 is 0 Å². The van der Waals surface area contributed by atoms with E-state index in [2.05, 4.69) is 69.4 Å². The zero-order valence-electron chi connectivity index (χ0n) is 19.2. The summed E-state index contributed by atoms with van der Waals surface area (Å²) < 4.78 is 11.5. The lowest BCUT2D eigenvalue weighted by Crippen LogP contribution is -2.20. The van der Waals surface area contributed by atoms with Crippen molar-refractivity contribution in [3.05, 3.63) is 95.6 Å². The molecular weight excluding hydrogens is 382 g/mol. The van der Waals surface area contributed by atoms with Gasteiger partial charge in [-0.15, -0.1) is 0 Å². The first-order valence-corrected chi connectivity index (χ1v) is 11.2. The minimum Gasteiger partial charge on any atom is -0.490 e.